The van der Waals surface area contributed by atoms with Gasteiger partial charge in [-0.1, -0.05) is 30.3 Å². The Morgan fingerprint density at radius 1 is 1.26 bits per heavy atom. The maximum atomic E-state index is 12.2. The molecule has 0 spiro atoms. The van der Waals surface area contributed by atoms with Crippen molar-refractivity contribution >= 4 is 11.8 Å². The summed E-state index contributed by atoms with van der Waals surface area (Å²) in [5, 5.41) is 12.7. The first-order valence-electron chi connectivity index (χ1n) is 8.40. The summed E-state index contributed by atoms with van der Waals surface area (Å²) in [6.07, 6.45) is 3.36. The number of hydrogen-bond donors (Lipinski definition) is 2. The van der Waals surface area contributed by atoms with Gasteiger partial charge < -0.3 is 15.3 Å². The Bertz CT molecular complexity index is 569. The Labute approximate surface area is 136 Å². The van der Waals surface area contributed by atoms with Gasteiger partial charge in [-0.25, -0.2) is 0 Å². The summed E-state index contributed by atoms with van der Waals surface area (Å²) in [4.78, 5) is 25.7. The molecular formula is C18H24N2O3. The molecule has 2 fully saturated rings. The van der Waals surface area contributed by atoms with Crippen LogP contribution in [0.2, 0.25) is 0 Å². The molecule has 1 heterocycles. The summed E-state index contributed by atoms with van der Waals surface area (Å²) in [5.74, 6) is -0.462. The third kappa shape index (κ3) is 3.72. The standard InChI is InChI=1S/C18H24N2O3/c21-15-8-4-5-11-20(17(15)23)12-16(22)19-13-18(9-10-18)14-6-2-1-3-7-14/h1-3,6-7,15,21H,4-5,8-13H2,(H,19,22). The fourth-order valence-electron chi connectivity index (χ4n) is 3.25. The number of likely N-dealkylation sites (tertiary alicyclic amines) is 1. The van der Waals surface area contributed by atoms with Crippen LogP contribution in [0, 0.1) is 0 Å². The highest BCUT2D eigenvalue weighted by Crippen LogP contribution is 2.47. The van der Waals surface area contributed by atoms with Crippen LogP contribution in [0.1, 0.15) is 37.7 Å². The van der Waals surface area contributed by atoms with Crippen LogP contribution in [0.5, 0.6) is 0 Å². The molecule has 0 bridgehead atoms. The van der Waals surface area contributed by atoms with E-state index in [1.165, 1.54) is 10.5 Å². The second-order valence-electron chi connectivity index (χ2n) is 6.69. The maximum absolute atomic E-state index is 12.2. The number of rotatable bonds is 5. The van der Waals surface area contributed by atoms with Crippen LogP contribution < -0.4 is 5.32 Å². The van der Waals surface area contributed by atoms with E-state index < -0.39 is 6.10 Å². The van der Waals surface area contributed by atoms with E-state index in [0.29, 0.717) is 19.5 Å². The van der Waals surface area contributed by atoms with Gasteiger partial charge in [0, 0.05) is 18.5 Å². The second kappa shape index (κ2) is 6.71. The molecule has 1 aromatic rings. The molecule has 1 saturated carbocycles. The van der Waals surface area contributed by atoms with Gasteiger partial charge in [0.25, 0.3) is 5.91 Å². The van der Waals surface area contributed by atoms with Crippen LogP contribution in [0.3, 0.4) is 0 Å². The van der Waals surface area contributed by atoms with Crippen molar-refractivity contribution in [2.24, 2.45) is 0 Å². The summed E-state index contributed by atoms with van der Waals surface area (Å²) in [5.41, 5.74) is 1.33. The average molecular weight is 316 g/mol. The molecule has 1 aliphatic carbocycles. The zero-order valence-corrected chi connectivity index (χ0v) is 13.3. The Morgan fingerprint density at radius 3 is 2.70 bits per heavy atom. The van der Waals surface area contributed by atoms with Crippen LogP contribution in [0.4, 0.5) is 0 Å². The van der Waals surface area contributed by atoms with Crippen LogP contribution in [0.25, 0.3) is 0 Å². The van der Waals surface area contributed by atoms with Crippen molar-refractivity contribution in [2.45, 2.75) is 43.6 Å². The van der Waals surface area contributed by atoms with Gasteiger partial charge in [-0.05, 0) is 37.7 Å². The first-order chi connectivity index (χ1) is 11.1. The van der Waals surface area contributed by atoms with E-state index in [1.807, 2.05) is 18.2 Å². The second-order valence-corrected chi connectivity index (χ2v) is 6.69. The molecule has 23 heavy (non-hydrogen) atoms. The van der Waals surface area contributed by atoms with Crippen molar-refractivity contribution in [3.63, 3.8) is 0 Å². The van der Waals surface area contributed by atoms with Crippen molar-refractivity contribution in [1.29, 1.82) is 0 Å². The van der Waals surface area contributed by atoms with E-state index in [-0.39, 0.29) is 23.8 Å². The number of nitrogens with zero attached hydrogens (tertiary/aromatic N) is 1. The van der Waals surface area contributed by atoms with Gasteiger partial charge in [0.2, 0.25) is 5.91 Å². The number of amides is 2. The molecule has 5 nitrogen and oxygen atoms in total. The number of nitrogens with one attached hydrogen (secondary N) is 1. The molecule has 0 aromatic heterocycles. The van der Waals surface area contributed by atoms with Crippen LogP contribution in [0.15, 0.2) is 30.3 Å². The van der Waals surface area contributed by atoms with Crippen molar-refractivity contribution in [3.05, 3.63) is 35.9 Å². The van der Waals surface area contributed by atoms with Crippen molar-refractivity contribution < 1.29 is 14.7 Å². The van der Waals surface area contributed by atoms with Crippen LogP contribution in [-0.4, -0.2) is 47.6 Å². The lowest BCUT2D eigenvalue weighted by atomic mass is 9.96. The van der Waals surface area contributed by atoms with E-state index >= 15 is 0 Å². The Balaban J connectivity index is 1.53. The molecule has 1 aliphatic heterocycles. The van der Waals surface area contributed by atoms with E-state index in [0.717, 1.165) is 25.7 Å². The number of carbonyl (C=O) groups excluding carboxylic acids is 2. The number of benzene rings is 1. The molecule has 3 rings (SSSR count). The highest BCUT2D eigenvalue weighted by atomic mass is 16.3. The number of aliphatic hydroxyl groups excluding tert-OH is 1. The predicted molar refractivity (Wildman–Crippen MR) is 86.8 cm³/mol. The smallest absolute Gasteiger partial charge is 0.251 e. The minimum Gasteiger partial charge on any atom is -0.383 e. The lowest BCUT2D eigenvalue weighted by Crippen LogP contribution is -2.45. The van der Waals surface area contributed by atoms with Gasteiger partial charge in [0.1, 0.15) is 6.10 Å². The summed E-state index contributed by atoms with van der Waals surface area (Å²) in [7, 11) is 0. The number of carbonyl (C=O) groups is 2. The van der Waals surface area contributed by atoms with Crippen molar-refractivity contribution in [3.8, 4) is 0 Å². The first-order valence-corrected chi connectivity index (χ1v) is 8.40. The Kier molecular flexibility index (Phi) is 4.66. The molecule has 2 aliphatic rings. The van der Waals surface area contributed by atoms with Gasteiger partial charge in [-0.2, -0.15) is 0 Å². The summed E-state index contributed by atoms with van der Waals surface area (Å²) in [6.45, 7) is 1.20. The van der Waals surface area contributed by atoms with E-state index in [9.17, 15) is 14.7 Å². The van der Waals surface area contributed by atoms with E-state index in [4.69, 9.17) is 0 Å². The maximum Gasteiger partial charge on any atom is 0.251 e. The minimum absolute atomic E-state index is 0.0424. The van der Waals surface area contributed by atoms with Gasteiger partial charge in [-0.3, -0.25) is 9.59 Å². The van der Waals surface area contributed by atoms with Gasteiger partial charge in [-0.15, -0.1) is 0 Å². The lowest BCUT2D eigenvalue weighted by molar-refractivity contribution is -0.142. The third-order valence-corrected chi connectivity index (χ3v) is 4.95. The fourth-order valence-corrected chi connectivity index (χ4v) is 3.25. The van der Waals surface area contributed by atoms with Crippen molar-refractivity contribution in [1.82, 2.24) is 10.2 Å². The molecule has 2 amide bonds. The van der Waals surface area contributed by atoms with Gasteiger partial charge in [0.05, 0.1) is 6.54 Å². The largest absolute Gasteiger partial charge is 0.383 e. The first kappa shape index (κ1) is 16.0. The average Bonchev–Trinajstić information content (AvgIpc) is 3.37. The van der Waals surface area contributed by atoms with Crippen molar-refractivity contribution in [2.75, 3.05) is 19.6 Å². The number of aliphatic hydroxyl groups is 1. The van der Waals surface area contributed by atoms with Gasteiger partial charge in [0.15, 0.2) is 0 Å². The molecule has 5 heteroatoms. The normalized spacial score (nSPS) is 23.3. The van der Waals surface area contributed by atoms with E-state index in [1.54, 1.807) is 0 Å². The monoisotopic (exact) mass is 316 g/mol. The molecule has 1 unspecified atom stereocenters. The SMILES string of the molecule is O=C(CN1CCCCC(O)C1=O)NCC1(c2ccccc2)CC1. The summed E-state index contributed by atoms with van der Waals surface area (Å²) in [6, 6.07) is 10.2. The minimum atomic E-state index is -0.954. The Morgan fingerprint density at radius 2 is 2.00 bits per heavy atom. The third-order valence-electron chi connectivity index (χ3n) is 4.95. The molecular weight excluding hydrogens is 292 g/mol. The number of hydrogen-bond acceptors (Lipinski definition) is 3. The van der Waals surface area contributed by atoms with Crippen LogP contribution in [-0.2, 0) is 15.0 Å². The molecule has 1 saturated heterocycles. The van der Waals surface area contributed by atoms with Gasteiger partial charge >= 0.3 is 0 Å². The summed E-state index contributed by atoms with van der Waals surface area (Å²) >= 11 is 0. The molecule has 1 atom stereocenters. The molecule has 124 valence electrons. The highest BCUT2D eigenvalue weighted by molar-refractivity contribution is 5.87. The topological polar surface area (TPSA) is 69.6 Å². The molecule has 2 N–H and O–H groups in total. The zero-order chi connectivity index (χ0) is 16.3. The quantitative estimate of drug-likeness (QED) is 0.858. The molecule has 1 aromatic carbocycles. The summed E-state index contributed by atoms with van der Waals surface area (Å²) < 4.78 is 0. The highest BCUT2D eigenvalue weighted by Gasteiger charge is 2.44. The lowest BCUT2D eigenvalue weighted by Gasteiger charge is -2.23. The van der Waals surface area contributed by atoms with Crippen LogP contribution >= 0.6 is 0 Å². The molecule has 0 radical (unpaired) electrons. The van der Waals surface area contributed by atoms with E-state index in [2.05, 4.69) is 17.4 Å². The predicted octanol–water partition coefficient (Wildman–Crippen LogP) is 1.21. The zero-order valence-electron chi connectivity index (χ0n) is 13.3. The Hall–Kier alpha value is -1.88. The fraction of sp³-hybridized carbons (Fsp3) is 0.556.